The normalized spacial score (nSPS) is 18.3. The molecule has 0 bridgehead atoms. The summed E-state index contributed by atoms with van der Waals surface area (Å²) in [6.07, 6.45) is 3.37. The molecule has 2 aliphatic rings. The molecule has 1 aromatic heterocycles. The summed E-state index contributed by atoms with van der Waals surface area (Å²) in [5, 5.41) is 0. The monoisotopic (exact) mass is 333 g/mol. The molecule has 0 unspecified atom stereocenters. The third kappa shape index (κ3) is 2.65. The highest BCUT2D eigenvalue weighted by Crippen LogP contribution is 2.35. The Morgan fingerprint density at radius 3 is 2.64 bits per heavy atom. The number of benzene rings is 1. The highest BCUT2D eigenvalue weighted by atomic mass is 16.1. The van der Waals surface area contributed by atoms with Crippen LogP contribution < -0.4 is 0 Å². The number of hydrogen-bond acceptors (Lipinski definition) is 4. The maximum absolute atomic E-state index is 12.6. The molecule has 5 nitrogen and oxygen atoms in total. The van der Waals surface area contributed by atoms with Crippen molar-refractivity contribution >= 4 is 23.4 Å². The van der Waals surface area contributed by atoms with E-state index in [1.807, 2.05) is 18.2 Å². The summed E-state index contributed by atoms with van der Waals surface area (Å²) in [5.41, 5.74) is 2.77. The van der Waals surface area contributed by atoms with Gasteiger partial charge in [0.05, 0.1) is 5.69 Å². The number of nitrogens with one attached hydrogen (secondary N) is 1. The van der Waals surface area contributed by atoms with Gasteiger partial charge in [0.15, 0.2) is 11.6 Å². The van der Waals surface area contributed by atoms with Gasteiger partial charge in [-0.25, -0.2) is 4.98 Å². The van der Waals surface area contributed by atoms with E-state index in [1.54, 1.807) is 20.1 Å². The van der Waals surface area contributed by atoms with Crippen LogP contribution in [-0.4, -0.2) is 33.3 Å². The van der Waals surface area contributed by atoms with Gasteiger partial charge >= 0.3 is 0 Å². The molecule has 1 aromatic carbocycles. The molecule has 1 aliphatic heterocycles. The van der Waals surface area contributed by atoms with Crippen LogP contribution in [0.5, 0.6) is 0 Å². The minimum Gasteiger partial charge on any atom is -0.341 e. The van der Waals surface area contributed by atoms with E-state index in [4.69, 9.17) is 0 Å². The van der Waals surface area contributed by atoms with Gasteiger partial charge in [0.1, 0.15) is 17.1 Å². The van der Waals surface area contributed by atoms with E-state index in [9.17, 15) is 9.59 Å². The van der Waals surface area contributed by atoms with E-state index < -0.39 is 5.54 Å². The van der Waals surface area contributed by atoms with Gasteiger partial charge in [-0.15, -0.1) is 0 Å². The molecule has 0 saturated heterocycles. The number of carbonyl (C=O) groups is 2. The molecule has 1 aliphatic carbocycles. The molecule has 0 spiro atoms. The maximum Gasteiger partial charge on any atom is 0.187 e. The van der Waals surface area contributed by atoms with Crippen molar-refractivity contribution in [1.29, 1.82) is 0 Å². The van der Waals surface area contributed by atoms with E-state index in [0.717, 1.165) is 17.8 Å². The Balaban J connectivity index is 1.66. The number of H-pyrrole nitrogens is 1. The first-order valence-corrected chi connectivity index (χ1v) is 8.45. The molecule has 2 aromatic rings. The molecule has 0 radical (unpaired) electrons. The van der Waals surface area contributed by atoms with Gasteiger partial charge < -0.3 is 4.98 Å². The van der Waals surface area contributed by atoms with E-state index in [-0.39, 0.29) is 18.0 Å². The van der Waals surface area contributed by atoms with Gasteiger partial charge in [0, 0.05) is 30.2 Å². The average molecular weight is 333 g/mol. The summed E-state index contributed by atoms with van der Waals surface area (Å²) in [5.74, 6) is 0.585. The first kappa shape index (κ1) is 15.7. The van der Waals surface area contributed by atoms with Crippen LogP contribution in [0, 0.1) is 0 Å². The SMILES string of the molecule is CC1(C)N=CC2=C(CC(=O)c3nc(CCc4ccccc4)[nH]c32)C1=O. The lowest BCUT2D eigenvalue weighted by Gasteiger charge is -2.27. The number of nitrogens with zero attached hydrogens (tertiary/aromatic N) is 2. The fourth-order valence-corrected chi connectivity index (χ4v) is 3.33. The number of Topliss-reactive ketones (excluding diaryl/α,β-unsaturated/α-hetero) is 2. The molecular formula is C20H19N3O2. The molecule has 5 heteroatoms. The average Bonchev–Trinajstić information content (AvgIpc) is 3.03. The molecule has 0 saturated carbocycles. The zero-order chi connectivity index (χ0) is 17.6. The number of rotatable bonds is 3. The largest absolute Gasteiger partial charge is 0.341 e. The van der Waals surface area contributed by atoms with E-state index in [1.165, 1.54) is 5.56 Å². The number of allylic oxidation sites excluding steroid dienone is 1. The molecule has 0 atom stereocenters. The molecule has 0 amide bonds. The third-order valence-corrected chi connectivity index (χ3v) is 4.79. The molecule has 1 N–H and O–H groups in total. The highest BCUT2D eigenvalue weighted by molar-refractivity contribution is 6.29. The number of aromatic nitrogens is 2. The van der Waals surface area contributed by atoms with Gasteiger partial charge in [-0.2, -0.15) is 0 Å². The van der Waals surface area contributed by atoms with Gasteiger partial charge in [0.2, 0.25) is 0 Å². The predicted octanol–water partition coefficient (Wildman–Crippen LogP) is 2.97. The van der Waals surface area contributed by atoms with Crippen molar-refractivity contribution in [3.63, 3.8) is 0 Å². The quantitative estimate of drug-likeness (QED) is 0.938. The lowest BCUT2D eigenvalue weighted by Crippen LogP contribution is -2.36. The van der Waals surface area contributed by atoms with Crippen molar-refractivity contribution in [2.75, 3.05) is 0 Å². The van der Waals surface area contributed by atoms with Crippen molar-refractivity contribution in [3.05, 3.63) is 58.7 Å². The lowest BCUT2D eigenvalue weighted by atomic mass is 9.81. The smallest absolute Gasteiger partial charge is 0.187 e. The van der Waals surface area contributed by atoms with Crippen molar-refractivity contribution < 1.29 is 9.59 Å². The highest BCUT2D eigenvalue weighted by Gasteiger charge is 2.39. The van der Waals surface area contributed by atoms with Crippen LogP contribution in [0.2, 0.25) is 0 Å². The summed E-state index contributed by atoms with van der Waals surface area (Å²) in [6.45, 7) is 3.54. The van der Waals surface area contributed by atoms with Crippen LogP contribution in [0.15, 0.2) is 40.9 Å². The van der Waals surface area contributed by atoms with E-state index in [0.29, 0.717) is 23.4 Å². The van der Waals surface area contributed by atoms with Gasteiger partial charge in [-0.05, 0) is 25.8 Å². The Kier molecular flexibility index (Phi) is 3.53. The summed E-state index contributed by atoms with van der Waals surface area (Å²) in [7, 11) is 0. The Labute approximate surface area is 145 Å². The van der Waals surface area contributed by atoms with Gasteiger partial charge in [-0.1, -0.05) is 30.3 Å². The minimum absolute atomic E-state index is 0.0792. The predicted molar refractivity (Wildman–Crippen MR) is 95.9 cm³/mol. The molecule has 4 rings (SSSR count). The number of aryl methyl sites for hydroxylation is 2. The summed E-state index contributed by atoms with van der Waals surface area (Å²) in [4.78, 5) is 37.2. The number of imidazole rings is 1. The van der Waals surface area contributed by atoms with Crippen LogP contribution in [-0.2, 0) is 17.6 Å². The second kappa shape index (κ2) is 5.62. The van der Waals surface area contributed by atoms with E-state index in [2.05, 4.69) is 27.1 Å². The second-order valence-corrected chi connectivity index (χ2v) is 7.03. The maximum atomic E-state index is 12.6. The Morgan fingerprint density at radius 2 is 1.88 bits per heavy atom. The van der Waals surface area contributed by atoms with Crippen molar-refractivity contribution in [2.24, 2.45) is 4.99 Å². The van der Waals surface area contributed by atoms with Gasteiger partial charge in [0.25, 0.3) is 0 Å². The molecule has 25 heavy (non-hydrogen) atoms. The third-order valence-electron chi connectivity index (χ3n) is 4.79. The van der Waals surface area contributed by atoms with E-state index >= 15 is 0 Å². The van der Waals surface area contributed by atoms with Crippen LogP contribution >= 0.6 is 0 Å². The van der Waals surface area contributed by atoms with Crippen LogP contribution in [0.3, 0.4) is 0 Å². The zero-order valence-corrected chi connectivity index (χ0v) is 14.3. The number of aromatic amines is 1. The molecule has 0 fully saturated rings. The number of carbonyl (C=O) groups excluding carboxylic acids is 2. The Hall–Kier alpha value is -2.82. The fraction of sp³-hybridized carbons (Fsp3) is 0.300. The number of ketones is 2. The number of aliphatic imine (C=N–C) groups is 1. The van der Waals surface area contributed by atoms with Crippen molar-refractivity contribution in [1.82, 2.24) is 9.97 Å². The number of fused-ring (bicyclic) bond motifs is 2. The van der Waals surface area contributed by atoms with Crippen LogP contribution in [0.4, 0.5) is 0 Å². The molecule has 126 valence electrons. The van der Waals surface area contributed by atoms with Crippen LogP contribution in [0.25, 0.3) is 5.57 Å². The summed E-state index contributed by atoms with van der Waals surface area (Å²) >= 11 is 0. The Morgan fingerprint density at radius 1 is 1.12 bits per heavy atom. The first-order valence-electron chi connectivity index (χ1n) is 8.45. The molecular weight excluding hydrogens is 314 g/mol. The standard InChI is InChI=1S/C20H19N3O2/c1-20(2)19(25)13-10-15(24)18-17(14(13)11-21-20)22-16(23-18)9-8-12-6-4-3-5-7-12/h3-7,11H,8-10H2,1-2H3,(H,22,23). The lowest BCUT2D eigenvalue weighted by molar-refractivity contribution is -0.119. The first-order chi connectivity index (χ1) is 12.0. The van der Waals surface area contributed by atoms with Crippen molar-refractivity contribution in [2.45, 2.75) is 38.6 Å². The van der Waals surface area contributed by atoms with Crippen LogP contribution in [0.1, 0.15) is 47.8 Å². The molecule has 2 heterocycles. The zero-order valence-electron chi connectivity index (χ0n) is 14.3. The number of hydrogen-bond donors (Lipinski definition) is 1. The van der Waals surface area contributed by atoms with Gasteiger partial charge in [-0.3, -0.25) is 14.6 Å². The second-order valence-electron chi connectivity index (χ2n) is 7.03. The van der Waals surface area contributed by atoms with Crippen molar-refractivity contribution in [3.8, 4) is 0 Å². The number of dihydropyridines is 1. The Bertz CT molecular complexity index is 933. The summed E-state index contributed by atoms with van der Waals surface area (Å²) in [6, 6.07) is 10.2. The minimum atomic E-state index is -0.799. The summed E-state index contributed by atoms with van der Waals surface area (Å²) < 4.78 is 0. The topological polar surface area (TPSA) is 75.2 Å². The fourth-order valence-electron chi connectivity index (χ4n) is 3.33.